The van der Waals surface area contributed by atoms with Crippen molar-refractivity contribution in [2.75, 3.05) is 6.61 Å². The molecule has 0 spiro atoms. The van der Waals surface area contributed by atoms with Gasteiger partial charge in [0.1, 0.15) is 0 Å². The molecule has 0 aliphatic rings. The molecule has 0 saturated carbocycles. The molecule has 0 aliphatic carbocycles. The van der Waals surface area contributed by atoms with E-state index in [0.717, 1.165) is 16.3 Å². The molecule has 104 valence electrons. The minimum Gasteiger partial charge on any atom is -0.462 e. The van der Waals surface area contributed by atoms with Crippen LogP contribution in [0.4, 0.5) is 0 Å². The maximum atomic E-state index is 11.5. The molecule has 0 bridgehead atoms. The van der Waals surface area contributed by atoms with Gasteiger partial charge in [-0.15, -0.1) is 0 Å². The van der Waals surface area contributed by atoms with Crippen molar-refractivity contribution in [3.63, 3.8) is 0 Å². The summed E-state index contributed by atoms with van der Waals surface area (Å²) in [6, 6.07) is 9.19. The summed E-state index contributed by atoms with van der Waals surface area (Å²) in [6.07, 6.45) is 0. The predicted octanol–water partition coefficient (Wildman–Crippen LogP) is 3.42. The molecule has 4 nitrogen and oxygen atoms in total. The van der Waals surface area contributed by atoms with Gasteiger partial charge in [0.25, 0.3) is 0 Å². The van der Waals surface area contributed by atoms with Gasteiger partial charge in [0.05, 0.1) is 12.2 Å². The fraction of sp³-hybridized carbons (Fsp3) is 0.267. The molecular formula is C15H16N2O2S. The van der Waals surface area contributed by atoms with Crippen molar-refractivity contribution >= 4 is 17.7 Å². The molecule has 1 aromatic heterocycles. The van der Waals surface area contributed by atoms with E-state index in [2.05, 4.69) is 9.97 Å². The molecule has 0 unspecified atom stereocenters. The van der Waals surface area contributed by atoms with Gasteiger partial charge < -0.3 is 4.74 Å². The van der Waals surface area contributed by atoms with Gasteiger partial charge in [-0.3, -0.25) is 0 Å². The lowest BCUT2D eigenvalue weighted by Crippen LogP contribution is -2.03. The summed E-state index contributed by atoms with van der Waals surface area (Å²) in [4.78, 5) is 21.3. The third-order valence-electron chi connectivity index (χ3n) is 2.54. The van der Waals surface area contributed by atoms with E-state index in [1.807, 2.05) is 32.0 Å². The first kappa shape index (κ1) is 14.5. The molecular weight excluding hydrogens is 272 g/mol. The number of aromatic nitrogens is 2. The lowest BCUT2D eigenvalue weighted by molar-refractivity contribution is 0.0526. The molecule has 20 heavy (non-hydrogen) atoms. The number of aryl methyl sites for hydroxylation is 2. The summed E-state index contributed by atoms with van der Waals surface area (Å²) in [6.45, 7) is 6.07. The maximum absolute atomic E-state index is 11.5. The van der Waals surface area contributed by atoms with E-state index in [9.17, 15) is 4.79 Å². The second-order valence-electron chi connectivity index (χ2n) is 4.28. The number of esters is 1. The Morgan fingerprint density at radius 3 is 2.30 bits per heavy atom. The molecule has 0 aliphatic heterocycles. The number of hydrogen-bond acceptors (Lipinski definition) is 5. The van der Waals surface area contributed by atoms with Crippen LogP contribution in [-0.2, 0) is 4.74 Å². The first-order valence-electron chi connectivity index (χ1n) is 6.36. The molecule has 0 N–H and O–H groups in total. The first-order chi connectivity index (χ1) is 9.58. The van der Waals surface area contributed by atoms with Crippen LogP contribution in [0.2, 0.25) is 0 Å². The smallest absolute Gasteiger partial charge is 0.338 e. The van der Waals surface area contributed by atoms with E-state index >= 15 is 0 Å². The van der Waals surface area contributed by atoms with Gasteiger partial charge >= 0.3 is 5.97 Å². The van der Waals surface area contributed by atoms with Gasteiger partial charge in [-0.1, -0.05) is 0 Å². The van der Waals surface area contributed by atoms with E-state index in [1.165, 1.54) is 11.8 Å². The lowest BCUT2D eigenvalue weighted by atomic mass is 10.2. The van der Waals surface area contributed by atoms with Gasteiger partial charge in [-0.25, -0.2) is 14.8 Å². The molecule has 0 amide bonds. The summed E-state index contributed by atoms with van der Waals surface area (Å²) < 4.78 is 4.95. The van der Waals surface area contributed by atoms with Crippen molar-refractivity contribution in [2.45, 2.75) is 30.8 Å². The molecule has 5 heteroatoms. The highest BCUT2D eigenvalue weighted by Crippen LogP contribution is 2.25. The van der Waals surface area contributed by atoms with Crippen molar-refractivity contribution in [3.8, 4) is 0 Å². The molecule has 0 saturated heterocycles. The Morgan fingerprint density at radius 1 is 1.15 bits per heavy atom. The first-order valence-corrected chi connectivity index (χ1v) is 7.17. The zero-order chi connectivity index (χ0) is 14.5. The number of nitrogens with zero attached hydrogens (tertiary/aromatic N) is 2. The van der Waals surface area contributed by atoms with Crippen LogP contribution in [0.25, 0.3) is 0 Å². The highest BCUT2D eigenvalue weighted by atomic mass is 32.2. The zero-order valence-corrected chi connectivity index (χ0v) is 12.5. The number of rotatable bonds is 4. The van der Waals surface area contributed by atoms with Crippen LogP contribution in [0.1, 0.15) is 28.7 Å². The largest absolute Gasteiger partial charge is 0.462 e. The number of carbonyl (C=O) groups is 1. The summed E-state index contributed by atoms with van der Waals surface area (Å²) in [5.41, 5.74) is 2.45. The average molecular weight is 288 g/mol. The maximum Gasteiger partial charge on any atom is 0.338 e. The summed E-state index contributed by atoms with van der Waals surface area (Å²) in [5.74, 6) is -0.299. The van der Waals surface area contributed by atoms with Crippen molar-refractivity contribution in [2.24, 2.45) is 0 Å². The van der Waals surface area contributed by atoms with Crippen LogP contribution in [0.3, 0.4) is 0 Å². The van der Waals surface area contributed by atoms with E-state index in [1.54, 1.807) is 19.1 Å². The van der Waals surface area contributed by atoms with E-state index in [-0.39, 0.29) is 5.97 Å². The standard InChI is InChI=1S/C15H16N2O2S/c1-4-19-14(18)12-5-7-13(8-6-12)20-15-16-10(2)9-11(3)17-15/h5-9H,4H2,1-3H3. The summed E-state index contributed by atoms with van der Waals surface area (Å²) in [7, 11) is 0. The Balaban J connectivity index is 2.12. The highest BCUT2D eigenvalue weighted by Gasteiger charge is 2.07. The number of benzene rings is 1. The molecule has 0 fully saturated rings. The van der Waals surface area contributed by atoms with Gasteiger partial charge in [0.15, 0.2) is 5.16 Å². The van der Waals surface area contributed by atoms with Crippen LogP contribution in [-0.4, -0.2) is 22.5 Å². The minimum atomic E-state index is -0.299. The van der Waals surface area contributed by atoms with Crippen LogP contribution < -0.4 is 0 Å². The van der Waals surface area contributed by atoms with Crippen LogP contribution in [0.15, 0.2) is 40.4 Å². The summed E-state index contributed by atoms with van der Waals surface area (Å²) in [5, 5.41) is 0.714. The van der Waals surface area contributed by atoms with E-state index < -0.39 is 0 Å². The van der Waals surface area contributed by atoms with Crippen LogP contribution >= 0.6 is 11.8 Å². The molecule has 1 aromatic carbocycles. The molecule has 1 heterocycles. The fourth-order valence-corrected chi connectivity index (χ4v) is 2.58. The van der Waals surface area contributed by atoms with Gasteiger partial charge in [-0.05, 0) is 62.9 Å². The Kier molecular flexibility index (Phi) is 4.74. The van der Waals surface area contributed by atoms with Crippen LogP contribution in [0, 0.1) is 13.8 Å². The average Bonchev–Trinajstić information content (AvgIpc) is 2.38. The zero-order valence-electron chi connectivity index (χ0n) is 11.7. The molecule has 2 rings (SSSR count). The monoisotopic (exact) mass is 288 g/mol. The Morgan fingerprint density at radius 2 is 1.75 bits per heavy atom. The van der Waals surface area contributed by atoms with Crippen molar-refractivity contribution in [3.05, 3.63) is 47.3 Å². The minimum absolute atomic E-state index is 0.299. The summed E-state index contributed by atoms with van der Waals surface area (Å²) >= 11 is 1.48. The topological polar surface area (TPSA) is 52.1 Å². The third-order valence-corrected chi connectivity index (χ3v) is 3.41. The van der Waals surface area contributed by atoms with Gasteiger partial charge in [0, 0.05) is 16.3 Å². The van der Waals surface area contributed by atoms with E-state index in [4.69, 9.17) is 4.74 Å². The second kappa shape index (κ2) is 6.52. The van der Waals surface area contributed by atoms with Crippen LogP contribution in [0.5, 0.6) is 0 Å². The van der Waals surface area contributed by atoms with Crippen molar-refractivity contribution in [1.29, 1.82) is 0 Å². The Bertz CT molecular complexity index is 592. The lowest BCUT2D eigenvalue weighted by Gasteiger charge is -2.04. The van der Waals surface area contributed by atoms with E-state index in [0.29, 0.717) is 17.3 Å². The SMILES string of the molecule is CCOC(=O)c1ccc(Sc2nc(C)cc(C)n2)cc1. The van der Waals surface area contributed by atoms with Gasteiger partial charge in [-0.2, -0.15) is 0 Å². The normalized spacial score (nSPS) is 10.3. The molecule has 2 aromatic rings. The Hall–Kier alpha value is -1.88. The van der Waals surface area contributed by atoms with Gasteiger partial charge in [0.2, 0.25) is 0 Å². The number of carbonyl (C=O) groups excluding carboxylic acids is 1. The number of ether oxygens (including phenoxy) is 1. The predicted molar refractivity (Wildman–Crippen MR) is 78.0 cm³/mol. The highest BCUT2D eigenvalue weighted by molar-refractivity contribution is 7.99. The molecule has 0 atom stereocenters. The Labute approximate surface area is 122 Å². The molecule has 0 radical (unpaired) electrons. The third kappa shape index (κ3) is 3.81. The van der Waals surface area contributed by atoms with Crippen molar-refractivity contribution in [1.82, 2.24) is 9.97 Å². The number of hydrogen-bond donors (Lipinski definition) is 0. The fourth-order valence-electron chi connectivity index (χ4n) is 1.72. The second-order valence-corrected chi connectivity index (χ2v) is 5.32. The van der Waals surface area contributed by atoms with Crippen molar-refractivity contribution < 1.29 is 9.53 Å². The quantitative estimate of drug-likeness (QED) is 0.637.